The highest BCUT2D eigenvalue weighted by molar-refractivity contribution is 6.09. The number of furan rings is 1. The zero-order chi connectivity index (χ0) is 20.2. The van der Waals surface area contributed by atoms with E-state index in [9.17, 15) is 0 Å². The Kier molecular flexibility index (Phi) is 4.33. The predicted octanol–water partition coefficient (Wildman–Crippen LogP) is 6.59. The highest BCUT2D eigenvalue weighted by Gasteiger charge is 2.23. The minimum Gasteiger partial charge on any atom is -0.455 e. The van der Waals surface area contributed by atoms with Crippen molar-refractivity contribution < 1.29 is 8.98 Å². The molecule has 2 aromatic heterocycles. The van der Waals surface area contributed by atoms with Crippen LogP contribution < -0.4 is 4.57 Å². The Bertz CT molecular complexity index is 1210. The first-order valence-corrected chi connectivity index (χ1v) is 10.1. The number of aromatic nitrogens is 1. The third-order valence-electron chi connectivity index (χ3n) is 5.57. The molecule has 0 spiro atoms. The quantitative estimate of drug-likeness (QED) is 0.363. The molecule has 0 bridgehead atoms. The van der Waals surface area contributed by atoms with Crippen LogP contribution in [0.15, 0.2) is 47.0 Å². The van der Waals surface area contributed by atoms with E-state index in [0.29, 0.717) is 0 Å². The lowest BCUT2D eigenvalue weighted by Gasteiger charge is -2.19. The van der Waals surface area contributed by atoms with Crippen molar-refractivity contribution in [3.8, 4) is 11.3 Å². The van der Waals surface area contributed by atoms with Gasteiger partial charge in [0.15, 0.2) is 6.20 Å². The number of nitrogens with zero attached hydrogens (tertiary/aromatic N) is 1. The average Bonchev–Trinajstić information content (AvgIpc) is 2.94. The Morgan fingerprint density at radius 3 is 2.36 bits per heavy atom. The van der Waals surface area contributed by atoms with Crippen molar-refractivity contribution in [2.24, 2.45) is 12.5 Å². The summed E-state index contributed by atoms with van der Waals surface area (Å²) in [5.74, 6) is 0. The van der Waals surface area contributed by atoms with Crippen LogP contribution in [0.25, 0.3) is 33.2 Å². The fraction of sp³-hybridized carbons (Fsp3) is 0.346. The predicted molar refractivity (Wildman–Crippen MR) is 118 cm³/mol. The molecular weight excluding hydrogens is 342 g/mol. The molecule has 2 heteroatoms. The first-order chi connectivity index (χ1) is 13.1. The molecule has 0 fully saturated rings. The molecule has 0 atom stereocenters. The number of aryl methyl sites for hydroxylation is 4. The van der Waals surface area contributed by atoms with Crippen molar-refractivity contribution in [3.63, 3.8) is 0 Å². The molecule has 4 aromatic rings. The Balaban J connectivity index is 1.97. The molecule has 0 unspecified atom stereocenters. The van der Waals surface area contributed by atoms with Crippen molar-refractivity contribution >= 4 is 21.9 Å². The van der Waals surface area contributed by atoms with E-state index in [2.05, 4.69) is 95.8 Å². The summed E-state index contributed by atoms with van der Waals surface area (Å²) in [6.45, 7) is 13.4. The molecule has 2 nitrogen and oxygen atoms in total. The van der Waals surface area contributed by atoms with Crippen LogP contribution in [0.1, 0.15) is 43.0 Å². The van der Waals surface area contributed by atoms with Gasteiger partial charge in [0.05, 0.1) is 5.56 Å². The molecule has 4 rings (SSSR count). The third kappa shape index (κ3) is 3.22. The Morgan fingerprint density at radius 2 is 1.64 bits per heavy atom. The smallest absolute Gasteiger partial charge is 0.216 e. The highest BCUT2D eigenvalue weighted by atomic mass is 16.3. The van der Waals surface area contributed by atoms with Gasteiger partial charge >= 0.3 is 0 Å². The van der Waals surface area contributed by atoms with Crippen LogP contribution in [-0.4, -0.2) is 0 Å². The maximum Gasteiger partial charge on any atom is 0.216 e. The normalized spacial score (nSPS) is 12.2. The van der Waals surface area contributed by atoms with Crippen LogP contribution >= 0.6 is 0 Å². The summed E-state index contributed by atoms with van der Waals surface area (Å²) < 4.78 is 8.62. The van der Waals surface area contributed by atoms with Gasteiger partial charge in [-0.25, -0.2) is 4.57 Å². The Labute approximate surface area is 167 Å². The summed E-state index contributed by atoms with van der Waals surface area (Å²) in [5, 5.41) is 2.38. The van der Waals surface area contributed by atoms with E-state index >= 15 is 0 Å². The number of pyridine rings is 1. The van der Waals surface area contributed by atoms with Crippen LogP contribution in [0.4, 0.5) is 0 Å². The molecule has 0 saturated heterocycles. The maximum atomic E-state index is 6.37. The first-order valence-electron chi connectivity index (χ1n) is 10.1. The summed E-state index contributed by atoms with van der Waals surface area (Å²) >= 11 is 0. The Hall–Kier alpha value is -2.61. The van der Waals surface area contributed by atoms with E-state index in [1.54, 1.807) is 0 Å². The molecule has 2 heterocycles. The molecule has 0 aliphatic heterocycles. The second kappa shape index (κ2) is 6.48. The van der Waals surface area contributed by atoms with Crippen molar-refractivity contribution in [2.75, 3.05) is 0 Å². The van der Waals surface area contributed by atoms with Crippen molar-refractivity contribution in [3.05, 3.63) is 64.8 Å². The van der Waals surface area contributed by atoms with Gasteiger partial charge in [0.25, 0.3) is 0 Å². The summed E-state index contributed by atoms with van der Waals surface area (Å²) in [5.41, 5.74) is 9.84. The lowest BCUT2D eigenvalue weighted by atomic mass is 9.86. The van der Waals surface area contributed by atoms with E-state index in [4.69, 9.17) is 4.42 Å². The molecule has 0 aliphatic carbocycles. The number of hydrogen-bond acceptors (Lipinski definition) is 1. The lowest BCUT2D eigenvalue weighted by Crippen LogP contribution is -2.32. The molecule has 0 N–H and O–H groups in total. The maximum absolute atomic E-state index is 6.37. The molecule has 28 heavy (non-hydrogen) atoms. The zero-order valence-corrected chi connectivity index (χ0v) is 18.1. The van der Waals surface area contributed by atoms with Crippen LogP contribution in [0.2, 0.25) is 0 Å². The summed E-state index contributed by atoms with van der Waals surface area (Å²) in [4.78, 5) is 0. The van der Waals surface area contributed by atoms with E-state index in [0.717, 1.165) is 17.6 Å². The van der Waals surface area contributed by atoms with Gasteiger partial charge in [0.2, 0.25) is 5.69 Å². The topological polar surface area (TPSA) is 17.0 Å². The fourth-order valence-electron chi connectivity index (χ4n) is 4.18. The minimum absolute atomic E-state index is 0.270. The van der Waals surface area contributed by atoms with E-state index in [-0.39, 0.29) is 5.41 Å². The van der Waals surface area contributed by atoms with Crippen LogP contribution in [0.5, 0.6) is 0 Å². The van der Waals surface area contributed by atoms with Gasteiger partial charge in [-0.1, -0.05) is 44.5 Å². The van der Waals surface area contributed by atoms with Crippen LogP contribution in [0, 0.1) is 26.2 Å². The zero-order valence-electron chi connectivity index (χ0n) is 18.1. The van der Waals surface area contributed by atoms with Gasteiger partial charge < -0.3 is 4.42 Å². The van der Waals surface area contributed by atoms with Gasteiger partial charge in [0, 0.05) is 22.4 Å². The van der Waals surface area contributed by atoms with Gasteiger partial charge in [-0.05, 0) is 55.9 Å². The number of rotatable bonds is 2. The number of hydrogen-bond donors (Lipinski definition) is 0. The monoisotopic (exact) mass is 372 g/mol. The van der Waals surface area contributed by atoms with Gasteiger partial charge in [-0.3, -0.25) is 0 Å². The van der Waals surface area contributed by atoms with Crippen LogP contribution in [0.3, 0.4) is 0 Å². The second-order valence-electron chi connectivity index (χ2n) is 9.45. The second-order valence-corrected chi connectivity index (χ2v) is 9.45. The summed E-state index contributed by atoms with van der Waals surface area (Å²) in [7, 11) is 2.14. The summed E-state index contributed by atoms with van der Waals surface area (Å²) in [6.07, 6.45) is 3.36. The number of benzene rings is 2. The van der Waals surface area contributed by atoms with E-state index in [1.807, 2.05) is 0 Å². The third-order valence-corrected chi connectivity index (χ3v) is 5.57. The first kappa shape index (κ1) is 18.7. The van der Waals surface area contributed by atoms with Crippen molar-refractivity contribution in [2.45, 2.75) is 48.0 Å². The minimum atomic E-state index is 0.270. The molecule has 2 aromatic carbocycles. The highest BCUT2D eigenvalue weighted by Crippen LogP contribution is 2.37. The van der Waals surface area contributed by atoms with Gasteiger partial charge in [-0.15, -0.1) is 0 Å². The van der Waals surface area contributed by atoms with Crippen LogP contribution in [-0.2, 0) is 13.5 Å². The lowest BCUT2D eigenvalue weighted by molar-refractivity contribution is -0.660. The standard InChI is InChI=1S/C26H30NO/c1-16-8-11-23-21(12-16)20-10-9-17(2)24(25(20)28-23)22-13-18(3)19(15-27(22)7)14-26(4,5)6/h8-13,15H,14H2,1-7H3/q+1. The fourth-order valence-corrected chi connectivity index (χ4v) is 4.18. The molecule has 0 amide bonds. The molecule has 0 saturated carbocycles. The van der Waals surface area contributed by atoms with Gasteiger partial charge in [0.1, 0.15) is 18.2 Å². The Morgan fingerprint density at radius 1 is 0.893 bits per heavy atom. The van der Waals surface area contributed by atoms with Crippen molar-refractivity contribution in [1.82, 2.24) is 0 Å². The van der Waals surface area contributed by atoms with E-state index < -0.39 is 0 Å². The molecule has 0 radical (unpaired) electrons. The average molecular weight is 373 g/mol. The molecule has 144 valence electrons. The molecular formula is C26H30NO+. The largest absolute Gasteiger partial charge is 0.455 e. The van der Waals surface area contributed by atoms with Gasteiger partial charge in [-0.2, -0.15) is 0 Å². The SMILES string of the molecule is Cc1ccc2oc3c(-c4cc(C)c(CC(C)(C)C)c[n+]4C)c(C)ccc3c2c1. The molecule has 0 aliphatic rings. The number of fused-ring (bicyclic) bond motifs is 3. The summed E-state index contributed by atoms with van der Waals surface area (Å²) in [6, 6.07) is 13.1. The van der Waals surface area contributed by atoms with Crippen molar-refractivity contribution in [1.29, 1.82) is 0 Å². The van der Waals surface area contributed by atoms with E-state index in [1.165, 1.54) is 44.3 Å².